The number of hydrogen-bond donors (Lipinski definition) is 3. The lowest BCUT2D eigenvalue weighted by Crippen LogP contribution is -2.39. The predicted molar refractivity (Wildman–Crippen MR) is 119 cm³/mol. The highest BCUT2D eigenvalue weighted by Crippen LogP contribution is 2.40. The number of carbonyl (C=O) groups is 1. The minimum Gasteiger partial charge on any atom is -0.457 e. The number of nitrogens with two attached hydrogens (primary N) is 1. The summed E-state index contributed by atoms with van der Waals surface area (Å²) in [6.07, 6.45) is 0. The third-order valence-electron chi connectivity index (χ3n) is 4.41. The molecular formula is C23H24N4O3. The van der Waals surface area contributed by atoms with E-state index in [2.05, 4.69) is 15.6 Å². The average molecular weight is 404 g/mol. The van der Waals surface area contributed by atoms with Crippen LogP contribution >= 0.6 is 0 Å². The number of guanidine groups is 1. The number of benzene rings is 3. The Balaban J connectivity index is 2.01. The first-order valence-corrected chi connectivity index (χ1v) is 9.38. The molecule has 0 saturated carbocycles. The lowest BCUT2D eigenvalue weighted by molar-refractivity contribution is 0.256. The highest BCUT2D eigenvalue weighted by atomic mass is 16.5. The Labute approximate surface area is 175 Å². The van der Waals surface area contributed by atoms with Crippen molar-refractivity contribution in [1.29, 1.82) is 0 Å². The van der Waals surface area contributed by atoms with Gasteiger partial charge in [0.2, 0.25) is 0 Å². The van der Waals surface area contributed by atoms with Crippen molar-refractivity contribution in [2.75, 3.05) is 12.4 Å². The number of nitrogens with one attached hydrogen (secondary N) is 2. The fourth-order valence-electron chi connectivity index (χ4n) is 2.81. The Morgan fingerprint density at radius 2 is 1.33 bits per heavy atom. The number of nitrogens with zero attached hydrogens (tertiary/aromatic N) is 1. The number of para-hydroxylation sites is 2. The van der Waals surface area contributed by atoms with Crippen molar-refractivity contribution >= 4 is 17.7 Å². The summed E-state index contributed by atoms with van der Waals surface area (Å²) < 4.78 is 12.1. The molecule has 0 heterocycles. The lowest BCUT2D eigenvalue weighted by Gasteiger charge is -2.19. The number of urea groups is 1. The number of hydrogen-bond acceptors (Lipinski definition) is 4. The Kier molecular flexibility index (Phi) is 6.54. The van der Waals surface area contributed by atoms with E-state index >= 15 is 0 Å². The molecule has 0 aliphatic rings. The van der Waals surface area contributed by atoms with E-state index in [0.717, 1.165) is 11.1 Å². The van der Waals surface area contributed by atoms with E-state index in [9.17, 15) is 4.79 Å². The normalized spacial score (nSPS) is 11.0. The molecule has 0 fully saturated rings. The van der Waals surface area contributed by atoms with Crippen LogP contribution in [-0.2, 0) is 0 Å². The summed E-state index contributed by atoms with van der Waals surface area (Å²) in [4.78, 5) is 16.1. The molecule has 0 bridgehead atoms. The minimum absolute atomic E-state index is 0.0141. The zero-order chi connectivity index (χ0) is 21.5. The van der Waals surface area contributed by atoms with Gasteiger partial charge in [-0.2, -0.15) is 0 Å². The highest BCUT2D eigenvalue weighted by molar-refractivity contribution is 6.02. The molecule has 3 rings (SSSR count). The maximum absolute atomic E-state index is 12.4. The van der Waals surface area contributed by atoms with Crippen molar-refractivity contribution in [1.82, 2.24) is 5.32 Å². The number of rotatable bonds is 5. The van der Waals surface area contributed by atoms with Crippen LogP contribution in [0.1, 0.15) is 11.1 Å². The first kappa shape index (κ1) is 20.7. The standard InChI is InChI=1S/C23H24N4O3/c1-15-19(29-17-10-6-4-7-11-17)14-20(30-18-12-8-5-9-13-18)16(2)21(15)26-23(28)27-22(24)25-3/h4-14H,1-3H3,(H4,24,25,26,27,28). The van der Waals surface area contributed by atoms with Gasteiger partial charge in [-0.15, -0.1) is 0 Å². The third kappa shape index (κ3) is 5.08. The maximum atomic E-state index is 12.4. The molecule has 7 heteroatoms. The van der Waals surface area contributed by atoms with Gasteiger partial charge in [0.1, 0.15) is 23.0 Å². The molecule has 0 atom stereocenters. The monoisotopic (exact) mass is 404 g/mol. The third-order valence-corrected chi connectivity index (χ3v) is 4.41. The van der Waals surface area contributed by atoms with Crippen molar-refractivity contribution < 1.29 is 14.3 Å². The van der Waals surface area contributed by atoms with Crippen LogP contribution in [0.2, 0.25) is 0 Å². The van der Waals surface area contributed by atoms with Crippen LogP contribution in [0.25, 0.3) is 0 Å². The first-order chi connectivity index (χ1) is 14.5. The molecule has 3 aromatic rings. The van der Waals surface area contributed by atoms with Crippen molar-refractivity contribution in [3.8, 4) is 23.0 Å². The summed E-state index contributed by atoms with van der Waals surface area (Å²) in [6.45, 7) is 3.73. The molecule has 30 heavy (non-hydrogen) atoms. The van der Waals surface area contributed by atoms with Gasteiger partial charge in [-0.1, -0.05) is 36.4 Å². The Morgan fingerprint density at radius 3 is 1.77 bits per heavy atom. The van der Waals surface area contributed by atoms with E-state index < -0.39 is 6.03 Å². The molecule has 0 saturated heterocycles. The number of amides is 2. The number of aliphatic imine (C=N–C) groups is 1. The summed E-state index contributed by atoms with van der Waals surface area (Å²) in [5.41, 5.74) is 7.66. The van der Waals surface area contributed by atoms with Crippen LogP contribution in [0.3, 0.4) is 0 Å². The summed E-state index contributed by atoms with van der Waals surface area (Å²) in [6, 6.07) is 20.1. The van der Waals surface area contributed by atoms with Gasteiger partial charge in [0.15, 0.2) is 5.96 Å². The SMILES string of the molecule is CN=C(N)NC(=O)Nc1c(C)c(Oc2ccccc2)cc(Oc2ccccc2)c1C. The Hall–Kier alpha value is -4.00. The van der Waals surface area contributed by atoms with Crippen molar-refractivity contribution in [3.05, 3.63) is 77.9 Å². The van der Waals surface area contributed by atoms with Gasteiger partial charge in [0.25, 0.3) is 0 Å². The molecule has 154 valence electrons. The molecule has 7 nitrogen and oxygen atoms in total. The fourth-order valence-corrected chi connectivity index (χ4v) is 2.81. The highest BCUT2D eigenvalue weighted by Gasteiger charge is 2.18. The second-order valence-corrected chi connectivity index (χ2v) is 6.52. The second-order valence-electron chi connectivity index (χ2n) is 6.52. The van der Waals surface area contributed by atoms with Gasteiger partial charge in [-0.05, 0) is 38.1 Å². The van der Waals surface area contributed by atoms with E-state index in [0.29, 0.717) is 28.7 Å². The maximum Gasteiger partial charge on any atom is 0.326 e. The number of anilines is 1. The molecule has 4 N–H and O–H groups in total. The largest absolute Gasteiger partial charge is 0.457 e. The predicted octanol–water partition coefficient (Wildman–Crippen LogP) is 4.95. The number of carbonyl (C=O) groups excluding carboxylic acids is 1. The van der Waals surface area contributed by atoms with Gasteiger partial charge in [-0.3, -0.25) is 10.3 Å². The van der Waals surface area contributed by atoms with Crippen molar-refractivity contribution in [2.45, 2.75) is 13.8 Å². The smallest absolute Gasteiger partial charge is 0.326 e. The lowest BCUT2D eigenvalue weighted by atomic mass is 10.1. The van der Waals surface area contributed by atoms with Gasteiger partial charge in [0.05, 0.1) is 5.69 Å². The second kappa shape index (κ2) is 9.47. The summed E-state index contributed by atoms with van der Waals surface area (Å²) in [5.74, 6) is 2.48. The topological polar surface area (TPSA) is 98.0 Å². The first-order valence-electron chi connectivity index (χ1n) is 9.38. The molecule has 0 spiro atoms. The minimum atomic E-state index is -0.508. The summed E-state index contributed by atoms with van der Waals surface area (Å²) in [7, 11) is 1.49. The van der Waals surface area contributed by atoms with Gasteiger partial charge < -0.3 is 20.5 Å². The summed E-state index contributed by atoms with van der Waals surface area (Å²) in [5, 5.41) is 5.29. The molecule has 0 aliphatic carbocycles. The molecule has 2 amide bonds. The summed E-state index contributed by atoms with van der Waals surface area (Å²) >= 11 is 0. The molecule has 0 unspecified atom stereocenters. The van der Waals surface area contributed by atoms with E-state index in [1.807, 2.05) is 80.6 Å². The van der Waals surface area contributed by atoms with Gasteiger partial charge in [-0.25, -0.2) is 4.79 Å². The van der Waals surface area contributed by atoms with Crippen molar-refractivity contribution in [3.63, 3.8) is 0 Å². The molecule has 0 aromatic heterocycles. The Bertz CT molecular complexity index is 985. The van der Waals surface area contributed by atoms with E-state index in [4.69, 9.17) is 15.2 Å². The van der Waals surface area contributed by atoms with Crippen LogP contribution in [0, 0.1) is 13.8 Å². The van der Waals surface area contributed by atoms with Crippen LogP contribution in [0.15, 0.2) is 71.7 Å². The van der Waals surface area contributed by atoms with Crippen molar-refractivity contribution in [2.24, 2.45) is 10.7 Å². The van der Waals surface area contributed by atoms with Crippen LogP contribution in [0.4, 0.5) is 10.5 Å². The van der Waals surface area contributed by atoms with E-state index in [1.54, 1.807) is 0 Å². The molecular weight excluding hydrogens is 380 g/mol. The van der Waals surface area contributed by atoms with Crippen LogP contribution < -0.4 is 25.8 Å². The molecule has 3 aromatic carbocycles. The quantitative estimate of drug-likeness (QED) is 0.414. The Morgan fingerprint density at radius 1 is 0.867 bits per heavy atom. The number of ether oxygens (including phenoxy) is 2. The van der Waals surface area contributed by atoms with Crippen LogP contribution in [0.5, 0.6) is 23.0 Å². The van der Waals surface area contributed by atoms with E-state index in [-0.39, 0.29) is 5.96 Å². The molecule has 0 radical (unpaired) electrons. The zero-order valence-corrected chi connectivity index (χ0v) is 17.1. The molecule has 0 aliphatic heterocycles. The van der Waals surface area contributed by atoms with Crippen LogP contribution in [-0.4, -0.2) is 19.0 Å². The average Bonchev–Trinajstić information content (AvgIpc) is 2.76. The zero-order valence-electron chi connectivity index (χ0n) is 17.1. The fraction of sp³-hybridized carbons (Fsp3) is 0.130. The van der Waals surface area contributed by atoms with Gasteiger partial charge >= 0.3 is 6.03 Å². The van der Waals surface area contributed by atoms with Gasteiger partial charge in [0, 0.05) is 24.2 Å². The van der Waals surface area contributed by atoms with E-state index in [1.165, 1.54) is 7.05 Å².